The maximum Gasteiger partial charge on any atom is 0.314 e. The van der Waals surface area contributed by atoms with Crippen molar-refractivity contribution in [3.05, 3.63) is 32.0 Å². The maximum atomic E-state index is 12.8. The summed E-state index contributed by atoms with van der Waals surface area (Å²) in [6.45, 7) is 1.33. The second kappa shape index (κ2) is 11.7. The van der Waals surface area contributed by atoms with Crippen molar-refractivity contribution in [3.63, 3.8) is 0 Å². The number of anilines is 1. The van der Waals surface area contributed by atoms with Crippen molar-refractivity contribution in [2.45, 2.75) is 19.0 Å². The molecule has 1 aliphatic rings. The van der Waals surface area contributed by atoms with E-state index in [0.717, 1.165) is 41.4 Å². The lowest BCUT2D eigenvalue weighted by atomic mass is 10.2. The Kier molecular flexibility index (Phi) is 9.61. The highest BCUT2D eigenvalue weighted by molar-refractivity contribution is 7.20. The first-order valence-electron chi connectivity index (χ1n) is 9.67. The van der Waals surface area contributed by atoms with Crippen LogP contribution >= 0.6 is 46.7 Å². The van der Waals surface area contributed by atoms with Crippen molar-refractivity contribution in [3.8, 4) is 0 Å². The van der Waals surface area contributed by atoms with Crippen LogP contribution in [0.15, 0.2) is 12.1 Å². The molecule has 10 nitrogen and oxygen atoms in total. The molecular weight excluding hydrogens is 511 g/mol. The number of likely N-dealkylation sites (N-methyl/N-ethyl adjacent to an activating group) is 2. The number of thiophene rings is 1. The number of carbonyl (C=O) groups excluding carboxylic acids is 4. The molecule has 0 aromatic carbocycles. The second-order valence-corrected chi connectivity index (χ2v) is 10.2. The lowest BCUT2D eigenvalue weighted by molar-refractivity contribution is -0.136. The van der Waals surface area contributed by atoms with Gasteiger partial charge in [-0.05, 0) is 19.2 Å². The first-order chi connectivity index (χ1) is 15.1. The van der Waals surface area contributed by atoms with Gasteiger partial charge in [-0.3, -0.25) is 19.2 Å². The highest BCUT2D eigenvalue weighted by Gasteiger charge is 2.28. The van der Waals surface area contributed by atoms with E-state index < -0.39 is 29.7 Å². The molecular formula is C19H24Cl2N6O4S2. The van der Waals surface area contributed by atoms with Gasteiger partial charge in [0.25, 0.3) is 5.91 Å². The van der Waals surface area contributed by atoms with Gasteiger partial charge in [-0.2, -0.15) is 0 Å². The molecule has 0 fully saturated rings. The van der Waals surface area contributed by atoms with Gasteiger partial charge in [0.1, 0.15) is 6.04 Å². The maximum absolute atomic E-state index is 12.8. The molecule has 33 heavy (non-hydrogen) atoms. The Bertz CT molecular complexity index is 1040. The quantitative estimate of drug-likeness (QED) is 0.478. The SMILES string of the molecule is CN1CCc2nc(C(=O)N[C@@H](CNC(=O)C(=O)Nc3ccc(Cl)s3)C(=O)N(C)C)sc2C1.Cl. The van der Waals surface area contributed by atoms with E-state index in [1.807, 2.05) is 7.05 Å². The molecule has 0 bridgehead atoms. The standard InChI is InChI=1S/C19H23ClN6O4S2.ClH/c1-25(2)19(30)11(8-21-15(27)16(28)24-14-5-4-13(20)32-14)22-17(29)18-23-10-6-7-26(3)9-12(10)31-18;/h4-5,11H,6-9H2,1-3H3,(H,21,27)(H,22,29)(H,24,28);1H/t11-;/m0./s1. The topological polar surface area (TPSA) is 124 Å². The second-order valence-electron chi connectivity index (χ2n) is 7.40. The monoisotopic (exact) mass is 534 g/mol. The highest BCUT2D eigenvalue weighted by atomic mass is 35.5. The molecule has 0 radical (unpaired) electrons. The Balaban J connectivity index is 0.00000385. The van der Waals surface area contributed by atoms with Gasteiger partial charge in [-0.25, -0.2) is 4.98 Å². The predicted molar refractivity (Wildman–Crippen MR) is 130 cm³/mol. The normalized spacial score (nSPS) is 13.8. The smallest absolute Gasteiger partial charge is 0.314 e. The lowest BCUT2D eigenvalue weighted by Crippen LogP contribution is -2.53. The Hall–Kier alpha value is -2.25. The van der Waals surface area contributed by atoms with Crippen LogP contribution in [0.3, 0.4) is 0 Å². The number of nitrogens with zero attached hydrogens (tertiary/aromatic N) is 3. The fourth-order valence-electron chi connectivity index (χ4n) is 2.98. The molecule has 2 aromatic rings. The van der Waals surface area contributed by atoms with Crippen LogP contribution in [0, 0.1) is 0 Å². The summed E-state index contributed by atoms with van der Waals surface area (Å²) >= 11 is 8.21. The van der Waals surface area contributed by atoms with Gasteiger partial charge in [-0.15, -0.1) is 35.1 Å². The minimum absolute atomic E-state index is 0. The molecule has 0 spiro atoms. The van der Waals surface area contributed by atoms with E-state index in [1.165, 1.54) is 30.3 Å². The number of nitrogens with one attached hydrogen (secondary N) is 3. The fourth-order valence-corrected chi connectivity index (χ4v) is 5.01. The molecule has 1 atom stereocenters. The predicted octanol–water partition coefficient (Wildman–Crippen LogP) is 1.21. The van der Waals surface area contributed by atoms with Gasteiger partial charge < -0.3 is 25.8 Å². The number of thiazole rings is 1. The van der Waals surface area contributed by atoms with E-state index in [4.69, 9.17) is 11.6 Å². The summed E-state index contributed by atoms with van der Waals surface area (Å²) in [7, 11) is 5.07. The first-order valence-corrected chi connectivity index (χ1v) is 11.7. The molecule has 4 amide bonds. The van der Waals surface area contributed by atoms with Crippen molar-refractivity contribution in [2.75, 3.05) is 39.5 Å². The van der Waals surface area contributed by atoms with Crippen LogP contribution in [-0.2, 0) is 27.3 Å². The Morgan fingerprint density at radius 2 is 1.94 bits per heavy atom. The number of aromatic nitrogens is 1. The molecule has 0 saturated carbocycles. The molecule has 3 heterocycles. The number of rotatable bonds is 6. The minimum atomic E-state index is -1.06. The van der Waals surface area contributed by atoms with Crippen LogP contribution in [-0.4, -0.2) is 78.7 Å². The van der Waals surface area contributed by atoms with Crippen molar-refractivity contribution in [1.82, 2.24) is 25.4 Å². The number of fused-ring (bicyclic) bond motifs is 1. The fraction of sp³-hybridized carbons (Fsp3) is 0.421. The van der Waals surface area contributed by atoms with Crippen molar-refractivity contribution in [2.24, 2.45) is 0 Å². The summed E-state index contributed by atoms with van der Waals surface area (Å²) in [5.74, 6) is -2.76. The van der Waals surface area contributed by atoms with Crippen LogP contribution in [0.25, 0.3) is 0 Å². The molecule has 3 rings (SSSR count). The van der Waals surface area contributed by atoms with Crippen LogP contribution in [0.5, 0.6) is 0 Å². The minimum Gasteiger partial charge on any atom is -0.347 e. The number of amides is 4. The highest BCUT2D eigenvalue weighted by Crippen LogP contribution is 2.26. The summed E-state index contributed by atoms with van der Waals surface area (Å²) in [4.78, 5) is 58.4. The van der Waals surface area contributed by atoms with E-state index in [0.29, 0.717) is 9.34 Å². The molecule has 1 aliphatic heterocycles. The van der Waals surface area contributed by atoms with Gasteiger partial charge in [-0.1, -0.05) is 11.6 Å². The molecule has 14 heteroatoms. The summed E-state index contributed by atoms with van der Waals surface area (Å²) in [6.07, 6.45) is 0.760. The van der Waals surface area contributed by atoms with E-state index >= 15 is 0 Å². The van der Waals surface area contributed by atoms with Crippen molar-refractivity contribution in [1.29, 1.82) is 0 Å². The molecule has 0 aliphatic carbocycles. The van der Waals surface area contributed by atoms with Crippen LogP contribution in [0.2, 0.25) is 4.34 Å². The van der Waals surface area contributed by atoms with Gasteiger partial charge >= 0.3 is 11.8 Å². The third-order valence-electron chi connectivity index (χ3n) is 4.64. The van der Waals surface area contributed by atoms with Gasteiger partial charge in [0.05, 0.1) is 15.0 Å². The number of hydrogen-bond donors (Lipinski definition) is 3. The summed E-state index contributed by atoms with van der Waals surface area (Å²) in [5.41, 5.74) is 0.896. The molecule has 180 valence electrons. The number of carbonyl (C=O) groups is 4. The van der Waals surface area contributed by atoms with Crippen LogP contribution in [0.4, 0.5) is 5.00 Å². The van der Waals surface area contributed by atoms with Gasteiger partial charge in [0.2, 0.25) is 5.91 Å². The molecule has 2 aromatic heterocycles. The average molecular weight is 535 g/mol. The van der Waals surface area contributed by atoms with E-state index in [-0.39, 0.29) is 24.0 Å². The van der Waals surface area contributed by atoms with E-state index in [9.17, 15) is 19.2 Å². The first kappa shape index (κ1) is 27.0. The summed E-state index contributed by atoms with van der Waals surface area (Å²) in [6, 6.07) is 2.10. The van der Waals surface area contributed by atoms with Gasteiger partial charge in [0.15, 0.2) is 5.01 Å². The van der Waals surface area contributed by atoms with Crippen molar-refractivity contribution >= 4 is 75.3 Å². The molecule has 0 unspecified atom stereocenters. The van der Waals surface area contributed by atoms with E-state index in [2.05, 4.69) is 25.8 Å². The number of hydrogen-bond acceptors (Lipinski definition) is 8. The van der Waals surface area contributed by atoms with E-state index in [1.54, 1.807) is 12.1 Å². The third kappa shape index (κ3) is 7.11. The van der Waals surface area contributed by atoms with Gasteiger partial charge in [0, 0.05) is 45.0 Å². The largest absolute Gasteiger partial charge is 0.347 e. The van der Waals surface area contributed by atoms with Crippen LogP contribution < -0.4 is 16.0 Å². The molecule has 3 N–H and O–H groups in total. The Morgan fingerprint density at radius 3 is 2.58 bits per heavy atom. The zero-order valence-electron chi connectivity index (χ0n) is 18.1. The number of halogens is 2. The third-order valence-corrected chi connectivity index (χ3v) is 6.87. The average Bonchev–Trinajstić information content (AvgIpc) is 3.35. The summed E-state index contributed by atoms with van der Waals surface area (Å²) < 4.78 is 0.468. The zero-order valence-corrected chi connectivity index (χ0v) is 21.3. The van der Waals surface area contributed by atoms with Crippen molar-refractivity contribution < 1.29 is 19.2 Å². The Labute approximate surface area is 210 Å². The summed E-state index contributed by atoms with van der Waals surface area (Å²) in [5, 5.41) is 8.12. The van der Waals surface area contributed by atoms with Crippen LogP contribution in [0.1, 0.15) is 20.4 Å². The molecule has 0 saturated heterocycles. The Morgan fingerprint density at radius 1 is 1.21 bits per heavy atom. The zero-order chi connectivity index (χ0) is 23.4. The lowest BCUT2D eigenvalue weighted by Gasteiger charge is -2.21.